The number of rotatable bonds is 0. The van der Waals surface area contributed by atoms with E-state index >= 15 is 0 Å². The highest BCUT2D eigenvalue weighted by atomic mass is 33.1. The lowest BCUT2D eigenvalue weighted by atomic mass is 10.1. The number of fused-ring (bicyclic) bond motifs is 1. The van der Waals surface area contributed by atoms with Crippen molar-refractivity contribution in [2.45, 2.75) is 36.2 Å². The molecule has 2 aliphatic rings. The van der Waals surface area contributed by atoms with Crippen LogP contribution in [0.15, 0.2) is 0 Å². The van der Waals surface area contributed by atoms with Crippen molar-refractivity contribution < 1.29 is 0 Å². The maximum absolute atomic E-state index is 2.41. The van der Waals surface area contributed by atoms with Crippen LogP contribution in [0.3, 0.4) is 0 Å². The van der Waals surface area contributed by atoms with Crippen LogP contribution >= 0.6 is 21.6 Å². The van der Waals surface area contributed by atoms with Gasteiger partial charge in [-0.2, -0.15) is 0 Å². The normalized spacial score (nSPS) is 52.9. The zero-order chi connectivity index (χ0) is 5.61. The summed E-state index contributed by atoms with van der Waals surface area (Å²) in [6, 6.07) is 0. The van der Waals surface area contributed by atoms with Crippen LogP contribution in [-0.4, -0.2) is 10.00 Å². The van der Waals surface area contributed by atoms with Crippen molar-refractivity contribution in [1.29, 1.82) is 0 Å². The summed E-state index contributed by atoms with van der Waals surface area (Å²) in [6.45, 7) is 2.41. The van der Waals surface area contributed by atoms with Gasteiger partial charge in [-0.3, -0.25) is 0 Å². The maximum atomic E-state index is 2.41. The van der Waals surface area contributed by atoms with Crippen molar-refractivity contribution in [2.24, 2.45) is 0 Å². The molecule has 2 heteroatoms. The number of hydrogen-bond acceptors (Lipinski definition) is 2. The van der Waals surface area contributed by atoms with Crippen LogP contribution in [-0.2, 0) is 0 Å². The summed E-state index contributed by atoms with van der Waals surface area (Å²) in [6.07, 6.45) is 4.42. The fourth-order valence-corrected chi connectivity index (χ4v) is 4.98. The minimum Gasteiger partial charge on any atom is -0.0886 e. The third-order valence-electron chi connectivity index (χ3n) is 2.18. The van der Waals surface area contributed by atoms with E-state index in [0.29, 0.717) is 4.75 Å². The van der Waals surface area contributed by atoms with Crippen LogP contribution in [0.25, 0.3) is 0 Å². The lowest BCUT2D eigenvalue weighted by Gasteiger charge is -2.39. The van der Waals surface area contributed by atoms with Gasteiger partial charge in [0.1, 0.15) is 0 Å². The third kappa shape index (κ3) is 0.561. The zero-order valence-corrected chi connectivity index (χ0v) is 6.65. The molecule has 8 heavy (non-hydrogen) atoms. The van der Waals surface area contributed by atoms with Gasteiger partial charge in [-0.15, -0.1) is 0 Å². The predicted molar refractivity (Wildman–Crippen MR) is 41.2 cm³/mol. The largest absolute Gasteiger partial charge is 0.0886 e. The maximum Gasteiger partial charge on any atom is 0.0362 e. The van der Waals surface area contributed by atoms with Crippen molar-refractivity contribution in [3.63, 3.8) is 0 Å². The molecule has 0 spiro atoms. The van der Waals surface area contributed by atoms with E-state index in [1.807, 2.05) is 0 Å². The summed E-state index contributed by atoms with van der Waals surface area (Å²) in [5, 5.41) is 1.02. The van der Waals surface area contributed by atoms with E-state index in [1.165, 1.54) is 19.3 Å². The van der Waals surface area contributed by atoms with Gasteiger partial charge in [0.25, 0.3) is 0 Å². The van der Waals surface area contributed by atoms with Crippen molar-refractivity contribution in [3.8, 4) is 0 Å². The lowest BCUT2D eigenvalue weighted by molar-refractivity contribution is 0.681. The Labute approximate surface area is 58.2 Å². The SMILES string of the molecule is CC12CCCC1SS2. The molecule has 2 atom stereocenters. The van der Waals surface area contributed by atoms with E-state index in [9.17, 15) is 0 Å². The van der Waals surface area contributed by atoms with Crippen molar-refractivity contribution in [2.75, 3.05) is 0 Å². The van der Waals surface area contributed by atoms with Crippen LogP contribution in [0.1, 0.15) is 26.2 Å². The first-order valence-corrected chi connectivity index (χ1v) is 5.37. The molecule has 1 aliphatic heterocycles. The molecule has 1 saturated carbocycles. The monoisotopic (exact) mass is 146 g/mol. The molecule has 0 nitrogen and oxygen atoms in total. The second kappa shape index (κ2) is 1.60. The highest BCUT2D eigenvalue weighted by Gasteiger charge is 2.48. The first-order chi connectivity index (χ1) is 3.81. The highest BCUT2D eigenvalue weighted by molar-refractivity contribution is 8.80. The Hall–Kier alpha value is 0.700. The van der Waals surface area contributed by atoms with Gasteiger partial charge >= 0.3 is 0 Å². The zero-order valence-electron chi connectivity index (χ0n) is 5.02. The molecule has 1 heterocycles. The summed E-state index contributed by atoms with van der Waals surface area (Å²) in [5.74, 6) is 0. The van der Waals surface area contributed by atoms with Crippen molar-refractivity contribution >= 4 is 21.6 Å². The Morgan fingerprint density at radius 1 is 1.62 bits per heavy atom. The standard InChI is InChI=1S/C6H10S2/c1-6-4-2-3-5(6)7-8-6/h5H,2-4H2,1H3. The Morgan fingerprint density at radius 2 is 2.50 bits per heavy atom. The predicted octanol–water partition coefficient (Wildman–Crippen LogP) is 2.69. The first-order valence-electron chi connectivity index (χ1n) is 3.16. The van der Waals surface area contributed by atoms with Crippen molar-refractivity contribution in [3.05, 3.63) is 0 Å². The summed E-state index contributed by atoms with van der Waals surface area (Å²) in [5.41, 5.74) is 0. The average Bonchev–Trinajstić information content (AvgIpc) is 1.94. The molecule has 0 aromatic heterocycles. The van der Waals surface area contributed by atoms with Crippen LogP contribution < -0.4 is 0 Å². The fraction of sp³-hybridized carbons (Fsp3) is 1.00. The highest BCUT2D eigenvalue weighted by Crippen LogP contribution is 2.63. The van der Waals surface area contributed by atoms with Crippen LogP contribution in [0.4, 0.5) is 0 Å². The summed E-state index contributed by atoms with van der Waals surface area (Å²) >= 11 is 0. The van der Waals surface area contributed by atoms with Crippen LogP contribution in [0.5, 0.6) is 0 Å². The van der Waals surface area contributed by atoms with E-state index in [1.54, 1.807) is 0 Å². The summed E-state index contributed by atoms with van der Waals surface area (Å²) in [7, 11) is 4.19. The molecular weight excluding hydrogens is 136 g/mol. The third-order valence-corrected chi connectivity index (χ3v) is 6.41. The molecule has 0 amide bonds. The van der Waals surface area contributed by atoms with Gasteiger partial charge in [-0.25, -0.2) is 0 Å². The van der Waals surface area contributed by atoms with E-state index in [-0.39, 0.29) is 0 Å². The topological polar surface area (TPSA) is 0 Å². The molecule has 0 radical (unpaired) electrons. The van der Waals surface area contributed by atoms with E-state index in [4.69, 9.17) is 0 Å². The minimum atomic E-state index is 0.713. The van der Waals surface area contributed by atoms with Gasteiger partial charge in [0.2, 0.25) is 0 Å². The average molecular weight is 146 g/mol. The second-order valence-corrected chi connectivity index (χ2v) is 5.81. The quantitative estimate of drug-likeness (QED) is 0.482. The Kier molecular flexibility index (Phi) is 1.10. The van der Waals surface area contributed by atoms with Gasteiger partial charge in [0, 0.05) is 10.00 Å². The second-order valence-electron chi connectivity index (χ2n) is 2.87. The van der Waals surface area contributed by atoms with Gasteiger partial charge < -0.3 is 0 Å². The molecule has 2 unspecified atom stereocenters. The fourth-order valence-electron chi connectivity index (χ4n) is 1.47. The first kappa shape index (κ1) is 5.48. The van der Waals surface area contributed by atoms with Gasteiger partial charge in [0.15, 0.2) is 0 Å². The molecule has 0 bridgehead atoms. The summed E-state index contributed by atoms with van der Waals surface area (Å²) < 4.78 is 0.713. The molecule has 0 aromatic rings. The summed E-state index contributed by atoms with van der Waals surface area (Å²) in [4.78, 5) is 0. The number of hydrogen-bond donors (Lipinski definition) is 0. The van der Waals surface area contributed by atoms with E-state index in [0.717, 1.165) is 5.25 Å². The van der Waals surface area contributed by atoms with E-state index < -0.39 is 0 Å². The Balaban J connectivity index is 2.14. The van der Waals surface area contributed by atoms with E-state index in [2.05, 4.69) is 28.5 Å². The molecular formula is C6H10S2. The smallest absolute Gasteiger partial charge is 0.0362 e. The van der Waals surface area contributed by atoms with Crippen LogP contribution in [0, 0.1) is 0 Å². The van der Waals surface area contributed by atoms with Gasteiger partial charge in [-0.05, 0) is 19.8 Å². The van der Waals surface area contributed by atoms with Gasteiger partial charge in [-0.1, -0.05) is 28.0 Å². The minimum absolute atomic E-state index is 0.713. The molecule has 0 aromatic carbocycles. The lowest BCUT2D eigenvalue weighted by Crippen LogP contribution is -2.33. The molecule has 1 aliphatic carbocycles. The molecule has 2 rings (SSSR count). The molecule has 0 N–H and O–H groups in total. The van der Waals surface area contributed by atoms with Crippen LogP contribution in [0.2, 0.25) is 0 Å². The Morgan fingerprint density at radius 3 is 2.75 bits per heavy atom. The van der Waals surface area contributed by atoms with Gasteiger partial charge in [0.05, 0.1) is 0 Å². The molecule has 2 fully saturated rings. The Bertz CT molecular complexity index is 113. The molecule has 46 valence electrons. The van der Waals surface area contributed by atoms with Crippen molar-refractivity contribution in [1.82, 2.24) is 0 Å². The molecule has 1 saturated heterocycles.